The van der Waals surface area contributed by atoms with E-state index >= 15 is 0 Å². The van der Waals surface area contributed by atoms with Crippen LogP contribution in [0.3, 0.4) is 0 Å². The van der Waals surface area contributed by atoms with E-state index in [1.807, 2.05) is 31.3 Å². The molecule has 0 radical (unpaired) electrons. The third-order valence-corrected chi connectivity index (χ3v) is 3.47. The van der Waals surface area contributed by atoms with Crippen LogP contribution in [0.25, 0.3) is 0 Å². The summed E-state index contributed by atoms with van der Waals surface area (Å²) in [4.78, 5) is 22.1. The third-order valence-electron chi connectivity index (χ3n) is 3.47. The van der Waals surface area contributed by atoms with Crippen molar-refractivity contribution in [2.75, 3.05) is 46.7 Å². The van der Waals surface area contributed by atoms with Crippen LogP contribution in [0.4, 0.5) is 0 Å². The van der Waals surface area contributed by atoms with Crippen LogP contribution in [0.15, 0.2) is 24.3 Å². The van der Waals surface area contributed by atoms with E-state index in [2.05, 4.69) is 5.32 Å². The molecule has 0 bridgehead atoms. The van der Waals surface area contributed by atoms with Gasteiger partial charge in [-0.25, -0.2) is 0 Å². The fraction of sp³-hybridized carbons (Fsp3) is 0.579. The normalized spacial score (nSPS) is 10.8. The maximum absolute atomic E-state index is 12.1. The fourth-order valence-corrected chi connectivity index (χ4v) is 2.17. The van der Waals surface area contributed by atoms with Crippen LogP contribution in [0.1, 0.15) is 35.2 Å². The molecule has 1 aromatic carbocycles. The molecular formula is C19H29NO5. The van der Waals surface area contributed by atoms with E-state index in [1.165, 1.54) is 0 Å². The highest BCUT2D eigenvalue weighted by atomic mass is 16.5. The highest BCUT2D eigenvalue weighted by molar-refractivity contribution is 5.96. The Balaban J connectivity index is 1.97. The van der Waals surface area contributed by atoms with Gasteiger partial charge in [0.2, 0.25) is 0 Å². The van der Waals surface area contributed by atoms with Crippen molar-refractivity contribution in [1.82, 2.24) is 5.32 Å². The SMILES string of the molecule is CNCc1ccc(C(=O)CCCOCCOCCOCCC=O)cc1. The molecule has 0 saturated heterocycles. The lowest BCUT2D eigenvalue weighted by molar-refractivity contribution is -0.108. The Morgan fingerprint density at radius 3 is 2.16 bits per heavy atom. The van der Waals surface area contributed by atoms with Gasteiger partial charge in [0, 0.05) is 31.6 Å². The number of aldehydes is 1. The lowest BCUT2D eigenvalue weighted by Crippen LogP contribution is -2.11. The van der Waals surface area contributed by atoms with Gasteiger partial charge >= 0.3 is 0 Å². The Morgan fingerprint density at radius 1 is 0.960 bits per heavy atom. The quantitative estimate of drug-likeness (QED) is 0.279. The van der Waals surface area contributed by atoms with Crippen molar-refractivity contribution in [3.05, 3.63) is 35.4 Å². The molecule has 1 N–H and O–H groups in total. The van der Waals surface area contributed by atoms with Crippen LogP contribution >= 0.6 is 0 Å². The minimum absolute atomic E-state index is 0.142. The van der Waals surface area contributed by atoms with Gasteiger partial charge in [0.15, 0.2) is 5.78 Å². The van der Waals surface area contributed by atoms with Crippen molar-refractivity contribution in [1.29, 1.82) is 0 Å². The topological polar surface area (TPSA) is 73.9 Å². The molecule has 0 aliphatic carbocycles. The molecule has 0 unspecified atom stereocenters. The number of hydrogen-bond donors (Lipinski definition) is 1. The van der Waals surface area contributed by atoms with Gasteiger partial charge in [-0.05, 0) is 19.0 Å². The molecule has 0 atom stereocenters. The van der Waals surface area contributed by atoms with Crippen molar-refractivity contribution in [2.24, 2.45) is 0 Å². The van der Waals surface area contributed by atoms with Crippen LogP contribution in [0, 0.1) is 0 Å². The van der Waals surface area contributed by atoms with E-state index in [4.69, 9.17) is 14.2 Å². The van der Waals surface area contributed by atoms with Gasteiger partial charge in [-0.15, -0.1) is 0 Å². The van der Waals surface area contributed by atoms with Gasteiger partial charge < -0.3 is 24.3 Å². The number of carbonyl (C=O) groups excluding carboxylic acids is 2. The number of benzene rings is 1. The van der Waals surface area contributed by atoms with Crippen molar-refractivity contribution in [2.45, 2.75) is 25.8 Å². The van der Waals surface area contributed by atoms with E-state index < -0.39 is 0 Å². The predicted molar refractivity (Wildman–Crippen MR) is 95.9 cm³/mol. The number of rotatable bonds is 16. The van der Waals surface area contributed by atoms with Gasteiger partial charge in [0.05, 0.1) is 33.0 Å². The second-order valence-corrected chi connectivity index (χ2v) is 5.55. The Morgan fingerprint density at radius 2 is 1.56 bits per heavy atom. The van der Waals surface area contributed by atoms with E-state index in [9.17, 15) is 9.59 Å². The maximum Gasteiger partial charge on any atom is 0.162 e. The Labute approximate surface area is 149 Å². The molecule has 1 aromatic rings. The van der Waals surface area contributed by atoms with Gasteiger partial charge in [-0.2, -0.15) is 0 Å². The van der Waals surface area contributed by atoms with E-state index in [-0.39, 0.29) is 5.78 Å². The van der Waals surface area contributed by atoms with Crippen LogP contribution in [0.2, 0.25) is 0 Å². The molecule has 0 aromatic heterocycles. The molecule has 140 valence electrons. The average molecular weight is 351 g/mol. The molecule has 0 aliphatic rings. The largest absolute Gasteiger partial charge is 0.379 e. The molecule has 6 heteroatoms. The minimum Gasteiger partial charge on any atom is -0.379 e. The summed E-state index contributed by atoms with van der Waals surface area (Å²) in [6, 6.07) is 7.70. The molecule has 6 nitrogen and oxygen atoms in total. The highest BCUT2D eigenvalue weighted by Crippen LogP contribution is 2.08. The number of Topliss-reactive ketones (excluding diaryl/α,β-unsaturated/α-hetero) is 1. The van der Waals surface area contributed by atoms with E-state index in [1.54, 1.807) is 0 Å². The van der Waals surface area contributed by atoms with Crippen LogP contribution in [-0.4, -0.2) is 58.8 Å². The second-order valence-electron chi connectivity index (χ2n) is 5.55. The number of nitrogens with one attached hydrogen (secondary N) is 1. The monoisotopic (exact) mass is 351 g/mol. The summed E-state index contributed by atoms with van der Waals surface area (Å²) in [6.07, 6.45) is 2.43. The zero-order chi connectivity index (χ0) is 18.2. The van der Waals surface area contributed by atoms with Gasteiger partial charge in [0.25, 0.3) is 0 Å². The zero-order valence-corrected chi connectivity index (χ0v) is 15.0. The molecule has 0 aliphatic heterocycles. The van der Waals surface area contributed by atoms with E-state index in [0.717, 1.165) is 24.0 Å². The standard InChI is InChI=1S/C19H29NO5/c1-20-16-17-5-7-18(8-6-17)19(22)4-2-10-23-12-14-25-15-13-24-11-3-9-21/h5-9,20H,2-4,10-16H2,1H3. The summed E-state index contributed by atoms with van der Waals surface area (Å²) >= 11 is 0. The predicted octanol–water partition coefficient (Wildman–Crippen LogP) is 2.01. The molecule has 1 rings (SSSR count). The summed E-state index contributed by atoms with van der Waals surface area (Å²) in [5.74, 6) is 0.142. The molecule has 0 amide bonds. The summed E-state index contributed by atoms with van der Waals surface area (Å²) < 4.78 is 15.9. The number of carbonyl (C=O) groups is 2. The molecule has 0 saturated carbocycles. The number of ketones is 1. The first kappa shape index (κ1) is 21.4. The van der Waals surface area contributed by atoms with Crippen LogP contribution in [0.5, 0.6) is 0 Å². The Kier molecular flexibility index (Phi) is 12.6. The average Bonchev–Trinajstić information content (AvgIpc) is 2.63. The second kappa shape index (κ2) is 14.7. The number of ether oxygens (including phenoxy) is 3. The molecule has 25 heavy (non-hydrogen) atoms. The van der Waals surface area contributed by atoms with Crippen molar-refractivity contribution < 1.29 is 23.8 Å². The van der Waals surface area contributed by atoms with Gasteiger partial charge in [-0.3, -0.25) is 4.79 Å². The highest BCUT2D eigenvalue weighted by Gasteiger charge is 2.05. The molecular weight excluding hydrogens is 322 g/mol. The third kappa shape index (κ3) is 10.8. The smallest absolute Gasteiger partial charge is 0.162 e. The molecule has 0 fully saturated rings. The summed E-state index contributed by atoms with van der Waals surface area (Å²) in [5.41, 5.74) is 1.91. The van der Waals surface area contributed by atoms with Crippen molar-refractivity contribution >= 4 is 12.1 Å². The Bertz CT molecular complexity index is 475. The first-order chi connectivity index (χ1) is 12.3. The summed E-state index contributed by atoms with van der Waals surface area (Å²) in [5, 5.41) is 3.08. The molecule has 0 spiro atoms. The van der Waals surface area contributed by atoms with Crippen LogP contribution < -0.4 is 5.32 Å². The van der Waals surface area contributed by atoms with Crippen molar-refractivity contribution in [3.8, 4) is 0 Å². The lowest BCUT2D eigenvalue weighted by atomic mass is 10.0. The lowest BCUT2D eigenvalue weighted by Gasteiger charge is -2.06. The first-order valence-electron chi connectivity index (χ1n) is 8.71. The zero-order valence-electron chi connectivity index (χ0n) is 15.0. The summed E-state index contributed by atoms with van der Waals surface area (Å²) in [7, 11) is 1.90. The summed E-state index contributed by atoms with van der Waals surface area (Å²) in [6.45, 7) is 3.76. The Hall–Kier alpha value is -1.60. The van der Waals surface area contributed by atoms with E-state index in [0.29, 0.717) is 58.9 Å². The van der Waals surface area contributed by atoms with Gasteiger partial charge in [0.1, 0.15) is 6.29 Å². The van der Waals surface area contributed by atoms with Crippen molar-refractivity contribution in [3.63, 3.8) is 0 Å². The van der Waals surface area contributed by atoms with Crippen LogP contribution in [-0.2, 0) is 25.5 Å². The maximum atomic E-state index is 12.1. The fourth-order valence-electron chi connectivity index (χ4n) is 2.17. The molecule has 0 heterocycles. The minimum atomic E-state index is 0.142. The van der Waals surface area contributed by atoms with Gasteiger partial charge in [-0.1, -0.05) is 24.3 Å². The number of hydrogen-bond acceptors (Lipinski definition) is 6. The first-order valence-corrected chi connectivity index (χ1v) is 8.71.